The van der Waals surface area contributed by atoms with E-state index >= 15 is 0 Å². The number of alkyl halides is 1. The van der Waals surface area contributed by atoms with Gasteiger partial charge in [-0.25, -0.2) is 14.4 Å². The summed E-state index contributed by atoms with van der Waals surface area (Å²) in [5, 5.41) is 11.6. The molecule has 0 saturated carbocycles. The normalized spacial score (nSPS) is 11.3. The maximum Gasteiger partial charge on any atom is 0.249 e. The summed E-state index contributed by atoms with van der Waals surface area (Å²) < 4.78 is 72.6. The summed E-state index contributed by atoms with van der Waals surface area (Å²) >= 11 is 0. The first-order valence-electron chi connectivity index (χ1n) is 26.0. The highest BCUT2D eigenvalue weighted by Gasteiger charge is 2.20. The van der Waals surface area contributed by atoms with E-state index in [-0.39, 0.29) is 79.0 Å². The number of hydrogen-bond acceptors (Lipinski definition) is 18. The van der Waals surface area contributed by atoms with Crippen LogP contribution in [0.4, 0.5) is 15.8 Å². The quantitative estimate of drug-likeness (QED) is 0.0445. The van der Waals surface area contributed by atoms with Crippen molar-refractivity contribution in [2.75, 3.05) is 190 Å². The smallest absolute Gasteiger partial charge is 0.249 e. The Kier molecular flexibility index (Phi) is 34.8. The second-order valence-corrected chi connectivity index (χ2v) is 16.6. The van der Waals surface area contributed by atoms with Gasteiger partial charge in [0.05, 0.1) is 112 Å². The molecule has 0 saturated heterocycles. The lowest BCUT2D eigenvalue weighted by atomic mass is 10.1. The average molecular weight is 1090 g/mol. The molecule has 428 valence electrons. The van der Waals surface area contributed by atoms with Gasteiger partial charge in [0.2, 0.25) is 29.5 Å². The Morgan fingerprint density at radius 2 is 0.769 bits per heavy atom. The van der Waals surface area contributed by atoms with Crippen LogP contribution in [0.1, 0.15) is 22.3 Å². The van der Waals surface area contributed by atoms with E-state index in [1.165, 1.54) is 0 Å². The van der Waals surface area contributed by atoms with Crippen molar-refractivity contribution >= 4 is 53.4 Å². The lowest BCUT2D eigenvalue weighted by Gasteiger charge is -2.22. The molecule has 4 aromatic rings. The number of carbonyl (C=O) groups is 3. The zero-order valence-electron chi connectivity index (χ0n) is 45.0. The standard InChI is InChI=1S/C56H78FN7O14/c1-58-50-13-7-46(8-14-50)3-5-48-11-17-54(62-41-48)77-39-37-74-33-31-71-29-26-69-23-20-60-52(65)43-64(56(67)45-76-36-35-73-28-25-68-22-19-57)44-53(66)61-21-24-70-27-30-72-32-34-75-38-40-78-55-18-12-49(42-63-55)6-4-47-9-15-51(59-2)16-10-47/h3-18,41-42,58-59H,19-40,43-45H2,1-2H3,(H,60,65)(H,61,66)/b5-3+,6-4+. The van der Waals surface area contributed by atoms with Crippen LogP contribution in [-0.2, 0) is 57.0 Å². The number of pyridine rings is 2. The molecular formula is C56H78FN7O14. The molecule has 21 nitrogen and oxygen atoms in total. The molecule has 4 rings (SSSR count). The molecule has 2 heterocycles. The highest BCUT2D eigenvalue weighted by Crippen LogP contribution is 2.15. The van der Waals surface area contributed by atoms with Crippen molar-refractivity contribution in [1.82, 2.24) is 25.5 Å². The molecule has 4 N–H and O–H groups in total. The predicted octanol–water partition coefficient (Wildman–Crippen LogP) is 4.54. The van der Waals surface area contributed by atoms with Gasteiger partial charge < -0.3 is 78.3 Å². The van der Waals surface area contributed by atoms with Crippen LogP contribution < -0.4 is 30.7 Å². The maximum atomic E-state index is 13.1. The Balaban J connectivity index is 0.985. The van der Waals surface area contributed by atoms with Crippen molar-refractivity contribution in [2.45, 2.75) is 0 Å². The molecule has 0 aliphatic heterocycles. The Hall–Kier alpha value is -6.60. The number of amides is 3. The number of carbonyl (C=O) groups excluding carboxylic acids is 3. The van der Waals surface area contributed by atoms with Gasteiger partial charge in [0.25, 0.3) is 0 Å². The molecule has 0 aliphatic carbocycles. The maximum absolute atomic E-state index is 13.1. The summed E-state index contributed by atoms with van der Waals surface area (Å²) in [6.07, 6.45) is 11.5. The van der Waals surface area contributed by atoms with E-state index < -0.39 is 24.4 Å². The minimum absolute atomic E-state index is 0.00675. The van der Waals surface area contributed by atoms with Gasteiger partial charge in [0.1, 0.15) is 39.6 Å². The van der Waals surface area contributed by atoms with Gasteiger partial charge in [-0.05, 0) is 58.7 Å². The van der Waals surface area contributed by atoms with Crippen molar-refractivity contribution in [2.24, 2.45) is 0 Å². The number of nitrogens with zero attached hydrogens (tertiary/aromatic N) is 3. The number of nitrogens with one attached hydrogen (secondary N) is 4. The fraction of sp³-hybridized carbons (Fsp3) is 0.482. The van der Waals surface area contributed by atoms with E-state index in [0.717, 1.165) is 38.5 Å². The van der Waals surface area contributed by atoms with E-state index in [9.17, 15) is 18.8 Å². The summed E-state index contributed by atoms with van der Waals surface area (Å²) in [7, 11) is 3.77. The molecule has 0 spiro atoms. The van der Waals surface area contributed by atoms with Crippen molar-refractivity contribution in [1.29, 1.82) is 0 Å². The Labute approximate surface area is 457 Å². The number of anilines is 2. The third kappa shape index (κ3) is 31.0. The van der Waals surface area contributed by atoms with Gasteiger partial charge in [-0.15, -0.1) is 0 Å². The van der Waals surface area contributed by atoms with Gasteiger partial charge in [-0.3, -0.25) is 14.4 Å². The van der Waals surface area contributed by atoms with Crippen molar-refractivity contribution in [3.8, 4) is 11.8 Å². The minimum atomic E-state index is -0.579. The molecule has 22 heteroatoms. The number of benzene rings is 2. The second kappa shape index (κ2) is 42.4. The molecule has 3 amide bonds. The van der Waals surface area contributed by atoms with Gasteiger partial charge >= 0.3 is 0 Å². The van der Waals surface area contributed by atoms with Crippen LogP contribution in [0.5, 0.6) is 11.8 Å². The summed E-state index contributed by atoms with van der Waals surface area (Å²) in [4.78, 5) is 48.5. The van der Waals surface area contributed by atoms with E-state index in [1.807, 2.05) is 111 Å². The van der Waals surface area contributed by atoms with Crippen molar-refractivity contribution in [3.63, 3.8) is 0 Å². The molecule has 78 heavy (non-hydrogen) atoms. The lowest BCUT2D eigenvalue weighted by Crippen LogP contribution is -2.47. The monoisotopic (exact) mass is 1090 g/mol. The highest BCUT2D eigenvalue weighted by atomic mass is 19.1. The van der Waals surface area contributed by atoms with Crippen LogP contribution in [-0.4, -0.2) is 212 Å². The summed E-state index contributed by atoms with van der Waals surface area (Å²) in [5.74, 6) is -0.526. The molecular weight excluding hydrogens is 1010 g/mol. The first-order chi connectivity index (χ1) is 38.3. The van der Waals surface area contributed by atoms with Crippen LogP contribution in [0, 0.1) is 0 Å². The van der Waals surface area contributed by atoms with Crippen LogP contribution >= 0.6 is 0 Å². The fourth-order valence-corrected chi connectivity index (χ4v) is 6.51. The number of ether oxygens (including phenoxy) is 11. The summed E-state index contributed by atoms with van der Waals surface area (Å²) in [6.45, 7) is 3.84. The van der Waals surface area contributed by atoms with Gasteiger partial charge in [-0.1, -0.05) is 48.6 Å². The lowest BCUT2D eigenvalue weighted by molar-refractivity contribution is -0.143. The third-order valence-corrected chi connectivity index (χ3v) is 10.6. The van der Waals surface area contributed by atoms with Gasteiger partial charge in [0.15, 0.2) is 0 Å². The molecule has 0 bridgehead atoms. The Morgan fingerprint density at radius 3 is 1.13 bits per heavy atom. The highest BCUT2D eigenvalue weighted by molar-refractivity contribution is 5.89. The van der Waals surface area contributed by atoms with Crippen LogP contribution in [0.2, 0.25) is 0 Å². The fourth-order valence-electron chi connectivity index (χ4n) is 6.51. The number of halogens is 1. The minimum Gasteiger partial charge on any atom is -0.475 e. The molecule has 0 atom stereocenters. The SMILES string of the molecule is CNc1ccc(/C=C/c2ccc(OCCOCCOCCOCCNC(=O)CN(CC(=O)NCCOCCOCCOCCOc3ccc(/C=C/c4ccc(NC)cc4)cn3)C(=O)COCCOCCOCCF)nc2)cc1. The van der Waals surface area contributed by atoms with E-state index in [1.54, 1.807) is 12.4 Å². The number of aromatic nitrogens is 2. The molecule has 2 aromatic carbocycles. The summed E-state index contributed by atoms with van der Waals surface area (Å²) in [5.41, 5.74) is 6.21. The topological polar surface area (TPSA) is 230 Å². The second-order valence-electron chi connectivity index (χ2n) is 16.6. The molecule has 0 unspecified atom stereocenters. The van der Waals surface area contributed by atoms with E-state index in [2.05, 4.69) is 31.2 Å². The number of hydrogen-bond donors (Lipinski definition) is 4. The Morgan fingerprint density at radius 1 is 0.436 bits per heavy atom. The largest absolute Gasteiger partial charge is 0.475 e. The zero-order valence-corrected chi connectivity index (χ0v) is 45.0. The van der Waals surface area contributed by atoms with E-state index in [4.69, 9.17) is 52.1 Å². The molecule has 0 aliphatic rings. The van der Waals surface area contributed by atoms with Crippen LogP contribution in [0.25, 0.3) is 24.3 Å². The van der Waals surface area contributed by atoms with Gasteiger partial charge in [0, 0.05) is 63.1 Å². The summed E-state index contributed by atoms with van der Waals surface area (Å²) in [6, 6.07) is 23.7. The molecule has 2 aromatic heterocycles. The predicted molar refractivity (Wildman–Crippen MR) is 295 cm³/mol. The van der Waals surface area contributed by atoms with Crippen LogP contribution in [0.15, 0.2) is 85.2 Å². The van der Waals surface area contributed by atoms with Gasteiger partial charge in [-0.2, -0.15) is 0 Å². The molecule has 0 radical (unpaired) electrons. The first kappa shape index (κ1) is 63.9. The zero-order chi connectivity index (χ0) is 55.4. The average Bonchev–Trinajstić information content (AvgIpc) is 3.46. The van der Waals surface area contributed by atoms with E-state index in [0.29, 0.717) is 91.0 Å². The van der Waals surface area contributed by atoms with Crippen molar-refractivity contribution in [3.05, 3.63) is 107 Å². The number of rotatable bonds is 46. The Bertz CT molecular complexity index is 2110. The van der Waals surface area contributed by atoms with Crippen molar-refractivity contribution < 1.29 is 70.9 Å². The molecule has 0 fully saturated rings. The first-order valence-corrected chi connectivity index (χ1v) is 26.0. The third-order valence-electron chi connectivity index (χ3n) is 10.6. The van der Waals surface area contributed by atoms with Crippen LogP contribution in [0.3, 0.4) is 0 Å².